The molecule has 0 amide bonds. The summed E-state index contributed by atoms with van der Waals surface area (Å²) in [7, 11) is 0. The maximum absolute atomic E-state index is 13.7. The van der Waals surface area contributed by atoms with E-state index < -0.39 is 66.6 Å². The predicted octanol–water partition coefficient (Wildman–Crippen LogP) is 6.35. The molecule has 12 nitrogen and oxygen atoms in total. The molecule has 0 aromatic carbocycles. The van der Waals surface area contributed by atoms with Crippen molar-refractivity contribution in [2.45, 2.75) is 150 Å². The van der Waals surface area contributed by atoms with Crippen LogP contribution in [0.4, 0.5) is 5.82 Å². The molecule has 262 valence electrons. The molecular weight excluding hydrogens is 594 g/mol. The standard InChI is InChI=1S/C34H57N3O9/c1-7-13-19-25(18-12-6)33(40)45-28-26(22-43-31(38)23(14-8-2)15-9-3)44-30(37-21-20-27(36-42)35-34(37)41)29(28)46-32(39)24(16-10-4)17-11-5/h20-21,23-26,28-30,42H,7-19,22H2,1-6H3,(H,35,36,41)/t25?,26-,28-,29-,30-/m1/s1/i30D. The van der Waals surface area contributed by atoms with E-state index in [0.29, 0.717) is 38.5 Å². The fourth-order valence-electron chi connectivity index (χ4n) is 5.90. The number of carbonyl (C=O) groups is 3. The average molecular weight is 653 g/mol. The number of anilines is 1. The van der Waals surface area contributed by atoms with Crippen LogP contribution in [0.3, 0.4) is 0 Å². The number of ether oxygens (including phenoxy) is 4. The first-order valence-electron chi connectivity index (χ1n) is 17.8. The van der Waals surface area contributed by atoms with E-state index in [1.54, 1.807) is 5.48 Å². The highest BCUT2D eigenvalue weighted by molar-refractivity contribution is 5.74. The van der Waals surface area contributed by atoms with E-state index in [1.807, 2.05) is 41.5 Å². The summed E-state index contributed by atoms with van der Waals surface area (Å²) in [6, 6.07) is 1.24. The second kappa shape index (κ2) is 21.0. The Hall–Kier alpha value is -2.99. The maximum atomic E-state index is 13.7. The molecule has 1 aromatic rings. The Labute approximate surface area is 275 Å². The van der Waals surface area contributed by atoms with Crippen molar-refractivity contribution in [2.24, 2.45) is 17.8 Å². The van der Waals surface area contributed by atoms with Crippen LogP contribution in [0.25, 0.3) is 0 Å². The Morgan fingerprint density at radius 3 is 1.83 bits per heavy atom. The number of nitrogens with one attached hydrogen (secondary N) is 1. The molecule has 0 spiro atoms. The van der Waals surface area contributed by atoms with Gasteiger partial charge in [0.25, 0.3) is 0 Å². The van der Waals surface area contributed by atoms with Crippen molar-refractivity contribution < 1.29 is 39.9 Å². The van der Waals surface area contributed by atoms with Crippen molar-refractivity contribution in [3.8, 4) is 0 Å². The number of nitrogens with zero attached hydrogens (tertiary/aromatic N) is 2. The molecule has 1 fully saturated rings. The van der Waals surface area contributed by atoms with Gasteiger partial charge in [0, 0.05) is 6.20 Å². The van der Waals surface area contributed by atoms with Crippen LogP contribution >= 0.6 is 0 Å². The minimum atomic E-state index is -2.45. The van der Waals surface area contributed by atoms with E-state index in [4.69, 9.17) is 18.9 Å². The summed E-state index contributed by atoms with van der Waals surface area (Å²) in [5.74, 6) is -3.00. The highest BCUT2D eigenvalue weighted by Gasteiger charge is 2.52. The minimum Gasteiger partial charge on any atom is -0.463 e. The normalized spacial score (nSPS) is 22.0. The number of hydrogen-bond acceptors (Lipinski definition) is 11. The van der Waals surface area contributed by atoms with Crippen LogP contribution in [-0.4, -0.2) is 57.6 Å². The summed E-state index contributed by atoms with van der Waals surface area (Å²) < 4.78 is 34.3. The van der Waals surface area contributed by atoms with Crippen molar-refractivity contribution in [3.63, 3.8) is 0 Å². The SMILES string of the molecule is [2H][C@@]1(n2ccc(NO)nc2=O)O[C@H](COC(=O)C(CCC)CCC)[C@@H](OC(=O)C(CCC)CCCC)[C@H]1OC(=O)C(CCC)CCC. The zero-order chi connectivity index (χ0) is 35.0. The van der Waals surface area contributed by atoms with Crippen molar-refractivity contribution in [3.05, 3.63) is 22.7 Å². The van der Waals surface area contributed by atoms with Gasteiger partial charge in [-0.25, -0.2) is 4.79 Å². The van der Waals surface area contributed by atoms with Crippen molar-refractivity contribution in [1.82, 2.24) is 9.55 Å². The van der Waals surface area contributed by atoms with Gasteiger partial charge in [-0.2, -0.15) is 4.98 Å². The number of esters is 3. The Kier molecular flexibility index (Phi) is 17.1. The van der Waals surface area contributed by atoms with Gasteiger partial charge < -0.3 is 18.9 Å². The third kappa shape index (κ3) is 11.4. The largest absolute Gasteiger partial charge is 0.463 e. The number of aromatic nitrogens is 2. The van der Waals surface area contributed by atoms with Crippen LogP contribution in [0, 0.1) is 17.8 Å². The fourth-order valence-corrected chi connectivity index (χ4v) is 5.90. The molecule has 12 heteroatoms. The summed E-state index contributed by atoms with van der Waals surface area (Å²) in [4.78, 5) is 57.5. The summed E-state index contributed by atoms with van der Waals surface area (Å²) in [5, 5.41) is 9.28. The van der Waals surface area contributed by atoms with Gasteiger partial charge in [0.05, 0.1) is 19.1 Å². The first-order valence-corrected chi connectivity index (χ1v) is 17.3. The molecule has 0 saturated carbocycles. The van der Waals surface area contributed by atoms with Crippen LogP contribution in [0.5, 0.6) is 0 Å². The summed E-state index contributed by atoms with van der Waals surface area (Å²) in [6.07, 6.45) is 3.47. The molecule has 2 heterocycles. The van der Waals surface area contributed by atoms with E-state index in [0.717, 1.165) is 49.5 Å². The van der Waals surface area contributed by atoms with Crippen LogP contribution in [0.2, 0.25) is 0 Å². The molecule has 2 rings (SSSR count). The van der Waals surface area contributed by atoms with Crippen molar-refractivity contribution in [2.75, 3.05) is 12.1 Å². The Morgan fingerprint density at radius 1 is 0.848 bits per heavy atom. The summed E-state index contributed by atoms with van der Waals surface area (Å²) in [5.41, 5.74) is 0.808. The van der Waals surface area contributed by atoms with E-state index in [9.17, 15) is 25.8 Å². The molecule has 0 aliphatic carbocycles. The second-order valence-electron chi connectivity index (χ2n) is 12.1. The Bertz CT molecular complexity index is 1170. The van der Waals surface area contributed by atoms with E-state index in [2.05, 4.69) is 4.98 Å². The average Bonchev–Trinajstić information content (AvgIpc) is 3.31. The lowest BCUT2D eigenvalue weighted by Crippen LogP contribution is -2.44. The predicted molar refractivity (Wildman–Crippen MR) is 173 cm³/mol. The Balaban J connectivity index is 2.64. The van der Waals surface area contributed by atoms with Crippen LogP contribution < -0.4 is 11.2 Å². The molecule has 0 bridgehead atoms. The lowest BCUT2D eigenvalue weighted by atomic mass is 9.97. The first-order chi connectivity index (χ1) is 22.5. The van der Waals surface area contributed by atoms with Gasteiger partial charge >= 0.3 is 23.6 Å². The van der Waals surface area contributed by atoms with Crippen molar-refractivity contribution >= 4 is 23.7 Å². The van der Waals surface area contributed by atoms with Gasteiger partial charge in [0.2, 0.25) is 0 Å². The van der Waals surface area contributed by atoms with Crippen LogP contribution in [0.1, 0.15) is 133 Å². The van der Waals surface area contributed by atoms with E-state index in [-0.39, 0.29) is 11.7 Å². The molecule has 1 saturated heterocycles. The maximum Gasteiger partial charge on any atom is 0.351 e. The molecule has 1 aromatic heterocycles. The highest BCUT2D eigenvalue weighted by Crippen LogP contribution is 2.36. The van der Waals surface area contributed by atoms with Gasteiger partial charge in [-0.15, -0.1) is 0 Å². The first kappa shape index (κ1) is 37.5. The van der Waals surface area contributed by atoms with Crippen molar-refractivity contribution in [1.29, 1.82) is 0 Å². The summed E-state index contributed by atoms with van der Waals surface area (Å²) >= 11 is 0. The van der Waals surface area contributed by atoms with Gasteiger partial charge in [-0.1, -0.05) is 86.5 Å². The third-order valence-corrected chi connectivity index (χ3v) is 8.31. The minimum absolute atomic E-state index is 0.169. The number of unbranched alkanes of at least 4 members (excludes halogenated alkanes) is 1. The molecule has 5 atom stereocenters. The molecular formula is C34H57N3O9. The lowest BCUT2D eigenvalue weighted by molar-refractivity contribution is -0.175. The number of rotatable bonds is 22. The molecule has 0 radical (unpaired) electrons. The highest BCUT2D eigenvalue weighted by atomic mass is 16.7. The fraction of sp³-hybridized carbons (Fsp3) is 0.794. The molecule has 1 aliphatic heterocycles. The van der Waals surface area contributed by atoms with Gasteiger partial charge in [0.1, 0.15) is 12.7 Å². The zero-order valence-electron chi connectivity index (χ0n) is 29.6. The molecule has 1 aliphatic rings. The van der Waals surface area contributed by atoms with Gasteiger partial charge in [-0.05, 0) is 44.6 Å². The lowest BCUT2D eigenvalue weighted by Gasteiger charge is -2.28. The summed E-state index contributed by atoms with van der Waals surface area (Å²) in [6.45, 7) is 11.5. The third-order valence-electron chi connectivity index (χ3n) is 8.31. The smallest absolute Gasteiger partial charge is 0.351 e. The van der Waals surface area contributed by atoms with Crippen LogP contribution in [0.15, 0.2) is 17.1 Å². The molecule has 2 N–H and O–H groups in total. The van der Waals surface area contributed by atoms with Gasteiger partial charge in [0.15, 0.2) is 24.2 Å². The molecule has 1 unspecified atom stereocenters. The van der Waals surface area contributed by atoms with E-state index >= 15 is 0 Å². The Morgan fingerprint density at radius 2 is 1.35 bits per heavy atom. The van der Waals surface area contributed by atoms with Gasteiger partial charge in [-0.3, -0.25) is 29.6 Å². The topological polar surface area (TPSA) is 155 Å². The zero-order valence-corrected chi connectivity index (χ0v) is 28.6. The number of hydrogen-bond donors (Lipinski definition) is 2. The van der Waals surface area contributed by atoms with E-state index in [1.165, 1.54) is 12.3 Å². The second-order valence-corrected chi connectivity index (χ2v) is 12.1. The monoisotopic (exact) mass is 652 g/mol. The quantitative estimate of drug-likeness (QED) is 0.0818. The van der Waals surface area contributed by atoms with Crippen LogP contribution in [-0.2, 0) is 33.3 Å². The number of carbonyl (C=O) groups excluding carboxylic acids is 3. The molecule has 46 heavy (non-hydrogen) atoms.